The van der Waals surface area contributed by atoms with Gasteiger partial charge in [0.05, 0.1) is 18.8 Å². The highest BCUT2D eigenvalue weighted by atomic mass is 32.1. The van der Waals surface area contributed by atoms with Gasteiger partial charge in [0.2, 0.25) is 0 Å². The van der Waals surface area contributed by atoms with E-state index < -0.39 is 0 Å². The molecule has 0 saturated carbocycles. The molecule has 4 rings (SSSR count). The van der Waals surface area contributed by atoms with Crippen molar-refractivity contribution in [3.8, 4) is 5.75 Å². The lowest BCUT2D eigenvalue weighted by Gasteiger charge is -2.23. The Morgan fingerprint density at radius 1 is 1.34 bits per heavy atom. The molecule has 5 nitrogen and oxygen atoms in total. The van der Waals surface area contributed by atoms with Crippen molar-refractivity contribution in [1.29, 1.82) is 0 Å². The molecule has 1 unspecified atom stereocenters. The maximum absolute atomic E-state index is 12.9. The number of fused-ring (bicyclic) bond motifs is 3. The Balaban J connectivity index is 1.44. The minimum absolute atomic E-state index is 0.142. The number of rotatable bonds is 8. The number of hydrogen-bond acceptors (Lipinski definition) is 5. The maximum atomic E-state index is 12.9. The van der Waals surface area contributed by atoms with Gasteiger partial charge in [0.1, 0.15) is 10.6 Å². The molecule has 3 aromatic rings. The van der Waals surface area contributed by atoms with Crippen LogP contribution < -0.4 is 15.6 Å². The molecule has 1 aromatic carbocycles. The van der Waals surface area contributed by atoms with Crippen LogP contribution in [0.4, 0.5) is 0 Å². The molecule has 1 aliphatic carbocycles. The maximum Gasteiger partial charge on any atom is 0.262 e. The molecule has 1 N–H and O–H groups in total. The number of hydrogen-bond donors (Lipinski definition) is 1. The summed E-state index contributed by atoms with van der Waals surface area (Å²) in [7, 11) is 1.72. The zero-order chi connectivity index (χ0) is 20.2. The summed E-state index contributed by atoms with van der Waals surface area (Å²) in [6.45, 7) is 3.83. The van der Waals surface area contributed by atoms with Gasteiger partial charge < -0.3 is 10.1 Å². The minimum Gasteiger partial charge on any atom is -0.496 e. The summed E-state index contributed by atoms with van der Waals surface area (Å²) >= 11 is 1.70. The van der Waals surface area contributed by atoms with E-state index in [-0.39, 0.29) is 5.56 Å². The molecular formula is C23H29N3O2S. The first kappa shape index (κ1) is 20.1. The molecular weight excluding hydrogens is 382 g/mol. The van der Waals surface area contributed by atoms with Gasteiger partial charge in [0, 0.05) is 17.5 Å². The fraction of sp³-hybridized carbons (Fsp3) is 0.478. The normalized spacial score (nSPS) is 16.1. The van der Waals surface area contributed by atoms with Crippen LogP contribution in [-0.4, -0.2) is 29.2 Å². The van der Waals surface area contributed by atoms with Crippen LogP contribution in [0, 0.1) is 0 Å². The van der Waals surface area contributed by atoms with Gasteiger partial charge in [-0.1, -0.05) is 31.5 Å². The van der Waals surface area contributed by atoms with Crippen LogP contribution >= 0.6 is 11.3 Å². The van der Waals surface area contributed by atoms with Gasteiger partial charge in [0.15, 0.2) is 0 Å². The van der Waals surface area contributed by atoms with Crippen molar-refractivity contribution >= 4 is 21.6 Å². The predicted molar refractivity (Wildman–Crippen MR) is 119 cm³/mol. The molecule has 0 spiro atoms. The Hall–Kier alpha value is -2.18. The molecule has 6 heteroatoms. The number of aryl methyl sites for hydroxylation is 2. The summed E-state index contributed by atoms with van der Waals surface area (Å²) in [5.74, 6) is 0.954. The van der Waals surface area contributed by atoms with Crippen LogP contribution in [0.5, 0.6) is 5.75 Å². The lowest BCUT2D eigenvalue weighted by atomic mass is 9.93. The average Bonchev–Trinajstić information content (AvgIpc) is 3.12. The molecule has 29 heavy (non-hydrogen) atoms. The standard InChI is InChI=1S/C23H29N3O2S/c1-3-4-13-26-15-25-22-21(23(26)27)18-10-9-17(14-20(18)29-22)24-12-11-16-7-5-6-8-19(16)28-2/h5-8,15,17,24H,3-4,9-14H2,1-2H3. The molecule has 0 aliphatic heterocycles. The summed E-state index contributed by atoms with van der Waals surface area (Å²) in [5.41, 5.74) is 2.62. The number of thiophene rings is 1. The van der Waals surface area contributed by atoms with E-state index in [1.807, 2.05) is 12.1 Å². The number of nitrogens with one attached hydrogen (secondary N) is 1. The summed E-state index contributed by atoms with van der Waals surface area (Å²) in [4.78, 5) is 19.8. The number of unbranched alkanes of at least 4 members (excludes halogenated alkanes) is 1. The lowest BCUT2D eigenvalue weighted by molar-refractivity contribution is 0.407. The van der Waals surface area contributed by atoms with E-state index in [9.17, 15) is 4.79 Å². The van der Waals surface area contributed by atoms with Crippen molar-refractivity contribution in [3.05, 3.63) is 57.0 Å². The first-order valence-electron chi connectivity index (χ1n) is 10.6. The number of ether oxygens (including phenoxy) is 1. The molecule has 0 saturated heterocycles. The number of para-hydroxylation sites is 1. The van der Waals surface area contributed by atoms with E-state index >= 15 is 0 Å². The van der Waals surface area contributed by atoms with Crippen LogP contribution in [0.2, 0.25) is 0 Å². The van der Waals surface area contributed by atoms with E-state index in [4.69, 9.17) is 4.74 Å². The molecule has 1 aliphatic rings. The second-order valence-electron chi connectivity index (χ2n) is 7.74. The van der Waals surface area contributed by atoms with Gasteiger partial charge in [-0.3, -0.25) is 9.36 Å². The third-order valence-electron chi connectivity index (χ3n) is 5.81. The van der Waals surface area contributed by atoms with E-state index in [1.165, 1.54) is 16.0 Å². The Kier molecular flexibility index (Phi) is 6.31. The highest BCUT2D eigenvalue weighted by Crippen LogP contribution is 2.33. The Labute approximate surface area is 175 Å². The van der Waals surface area contributed by atoms with Crippen molar-refractivity contribution in [2.75, 3.05) is 13.7 Å². The molecule has 2 aromatic heterocycles. The van der Waals surface area contributed by atoms with Crippen molar-refractivity contribution in [3.63, 3.8) is 0 Å². The summed E-state index contributed by atoms with van der Waals surface area (Å²) in [6, 6.07) is 8.65. The Morgan fingerprint density at radius 3 is 3.03 bits per heavy atom. The second-order valence-corrected chi connectivity index (χ2v) is 8.82. The average molecular weight is 412 g/mol. The van der Waals surface area contributed by atoms with Crippen LogP contribution in [0.3, 0.4) is 0 Å². The number of aromatic nitrogens is 2. The molecule has 2 heterocycles. The van der Waals surface area contributed by atoms with Crippen LogP contribution in [-0.2, 0) is 25.8 Å². The number of benzene rings is 1. The predicted octanol–water partition coefficient (Wildman–Crippen LogP) is 3.96. The Bertz CT molecular complexity index is 1040. The zero-order valence-electron chi connectivity index (χ0n) is 17.2. The first-order chi connectivity index (χ1) is 14.2. The summed E-state index contributed by atoms with van der Waals surface area (Å²) in [6.07, 6.45) is 7.77. The van der Waals surface area contributed by atoms with Crippen molar-refractivity contribution in [2.24, 2.45) is 0 Å². The highest BCUT2D eigenvalue weighted by Gasteiger charge is 2.25. The molecule has 0 bridgehead atoms. The summed E-state index contributed by atoms with van der Waals surface area (Å²) in [5, 5.41) is 4.58. The quantitative estimate of drug-likeness (QED) is 0.610. The molecule has 154 valence electrons. The monoisotopic (exact) mass is 411 g/mol. The smallest absolute Gasteiger partial charge is 0.262 e. The van der Waals surface area contributed by atoms with Gasteiger partial charge in [-0.25, -0.2) is 4.98 Å². The van der Waals surface area contributed by atoms with Crippen molar-refractivity contribution < 1.29 is 4.74 Å². The molecule has 1 atom stereocenters. The topological polar surface area (TPSA) is 56.2 Å². The van der Waals surface area contributed by atoms with E-state index in [0.29, 0.717) is 6.04 Å². The van der Waals surface area contributed by atoms with Gasteiger partial charge in [-0.15, -0.1) is 11.3 Å². The lowest BCUT2D eigenvalue weighted by Crippen LogP contribution is -2.35. The van der Waals surface area contributed by atoms with E-state index in [2.05, 4.69) is 29.4 Å². The third kappa shape index (κ3) is 4.23. The number of methoxy groups -OCH3 is 1. The molecule has 0 fully saturated rings. The van der Waals surface area contributed by atoms with Gasteiger partial charge >= 0.3 is 0 Å². The first-order valence-corrected chi connectivity index (χ1v) is 11.4. The zero-order valence-corrected chi connectivity index (χ0v) is 18.1. The SMILES string of the molecule is CCCCn1cnc2sc3c(c2c1=O)CCC(NCCc1ccccc1OC)C3. The van der Waals surface area contributed by atoms with E-state index in [0.717, 1.165) is 67.6 Å². The second kappa shape index (κ2) is 9.09. The fourth-order valence-corrected chi connectivity index (χ4v) is 5.44. The third-order valence-corrected chi connectivity index (χ3v) is 6.97. The van der Waals surface area contributed by atoms with E-state index in [1.54, 1.807) is 29.3 Å². The van der Waals surface area contributed by atoms with Crippen molar-refractivity contribution in [2.45, 2.75) is 58.0 Å². The largest absolute Gasteiger partial charge is 0.496 e. The minimum atomic E-state index is 0.142. The Morgan fingerprint density at radius 2 is 2.21 bits per heavy atom. The van der Waals surface area contributed by atoms with Crippen LogP contribution in [0.15, 0.2) is 35.4 Å². The summed E-state index contributed by atoms with van der Waals surface area (Å²) < 4.78 is 7.24. The molecule has 0 radical (unpaired) electrons. The fourth-order valence-electron chi connectivity index (χ4n) is 4.18. The van der Waals surface area contributed by atoms with Crippen LogP contribution in [0.1, 0.15) is 42.2 Å². The van der Waals surface area contributed by atoms with Crippen LogP contribution in [0.25, 0.3) is 10.2 Å². The van der Waals surface area contributed by atoms with Gasteiger partial charge in [-0.2, -0.15) is 0 Å². The van der Waals surface area contributed by atoms with Gasteiger partial charge in [0.25, 0.3) is 5.56 Å². The number of nitrogens with zero attached hydrogens (tertiary/aromatic N) is 2. The van der Waals surface area contributed by atoms with Crippen molar-refractivity contribution in [1.82, 2.24) is 14.9 Å². The highest BCUT2D eigenvalue weighted by molar-refractivity contribution is 7.18. The molecule has 0 amide bonds. The van der Waals surface area contributed by atoms with Gasteiger partial charge in [-0.05, 0) is 55.8 Å².